The van der Waals surface area contributed by atoms with Crippen LogP contribution in [0.3, 0.4) is 0 Å². The molecule has 0 spiro atoms. The van der Waals surface area contributed by atoms with Gasteiger partial charge in [-0.05, 0) is 44.6 Å². The molecule has 2 amide bonds. The van der Waals surface area contributed by atoms with Crippen LogP contribution in [0.15, 0.2) is 18.2 Å². The maximum Gasteiger partial charge on any atom is 0.319 e. The summed E-state index contributed by atoms with van der Waals surface area (Å²) in [5, 5.41) is 6.65. The first kappa shape index (κ1) is 18.1. The van der Waals surface area contributed by atoms with Gasteiger partial charge in [0.25, 0.3) is 0 Å². The summed E-state index contributed by atoms with van der Waals surface area (Å²) in [5.74, 6) is 0. The molecule has 0 radical (unpaired) electrons. The van der Waals surface area contributed by atoms with E-state index in [2.05, 4.69) is 29.4 Å². The highest BCUT2D eigenvalue weighted by atomic mass is 35.5. The van der Waals surface area contributed by atoms with Gasteiger partial charge in [0.15, 0.2) is 0 Å². The van der Waals surface area contributed by atoms with Gasteiger partial charge >= 0.3 is 6.03 Å². The Labute approximate surface area is 136 Å². The Morgan fingerprint density at radius 2 is 1.95 bits per heavy atom. The summed E-state index contributed by atoms with van der Waals surface area (Å²) in [4.78, 5) is 14.2. The molecule has 0 heterocycles. The quantitative estimate of drug-likeness (QED) is 0.853. The van der Waals surface area contributed by atoms with Crippen LogP contribution in [0.5, 0.6) is 0 Å². The average molecular weight is 332 g/mol. The predicted octanol–water partition coefficient (Wildman–Crippen LogP) is 4.09. The van der Waals surface area contributed by atoms with Crippen molar-refractivity contribution in [3.8, 4) is 0 Å². The van der Waals surface area contributed by atoms with Crippen molar-refractivity contribution in [1.82, 2.24) is 10.2 Å². The third-order valence-corrected chi connectivity index (χ3v) is 3.98. The number of hydrogen-bond donors (Lipinski definition) is 2. The molecule has 0 unspecified atom stereocenters. The summed E-state index contributed by atoms with van der Waals surface area (Å²) in [6.45, 7) is 7.09. The van der Waals surface area contributed by atoms with Gasteiger partial charge in [0.05, 0.1) is 10.7 Å². The summed E-state index contributed by atoms with van der Waals surface area (Å²) in [6.07, 6.45) is 0. The summed E-state index contributed by atoms with van der Waals surface area (Å²) < 4.78 is 0. The zero-order valence-corrected chi connectivity index (χ0v) is 14.6. The van der Waals surface area contributed by atoms with E-state index >= 15 is 0 Å². The van der Waals surface area contributed by atoms with Crippen LogP contribution in [-0.4, -0.2) is 37.6 Å². The standard InChI is InChI=1S/C15H23Cl2N3O/c1-10(15(2,3)9-20(4)5)18-14(21)19-13-8-11(16)6-7-12(13)17/h6-8,10H,9H2,1-5H3,(H2,18,19,21)/t10-/m0/s1. The van der Waals surface area contributed by atoms with E-state index < -0.39 is 0 Å². The predicted molar refractivity (Wildman–Crippen MR) is 90.4 cm³/mol. The molecule has 1 aromatic rings. The number of rotatable bonds is 5. The van der Waals surface area contributed by atoms with Gasteiger partial charge in [-0.1, -0.05) is 37.0 Å². The molecule has 2 N–H and O–H groups in total. The second-order valence-corrected chi connectivity index (χ2v) is 7.01. The molecule has 0 aliphatic carbocycles. The Balaban J connectivity index is 2.67. The number of halogens is 2. The molecule has 0 saturated heterocycles. The topological polar surface area (TPSA) is 44.4 Å². The van der Waals surface area contributed by atoms with Crippen molar-refractivity contribution in [2.75, 3.05) is 26.0 Å². The molecule has 6 heteroatoms. The fraction of sp³-hybridized carbons (Fsp3) is 0.533. The number of benzene rings is 1. The Morgan fingerprint density at radius 3 is 2.52 bits per heavy atom. The first-order chi connectivity index (χ1) is 9.61. The fourth-order valence-electron chi connectivity index (χ4n) is 2.10. The molecule has 1 aromatic carbocycles. The highest BCUT2D eigenvalue weighted by Gasteiger charge is 2.27. The van der Waals surface area contributed by atoms with Crippen LogP contribution in [0.4, 0.5) is 10.5 Å². The van der Waals surface area contributed by atoms with E-state index in [4.69, 9.17) is 23.2 Å². The zero-order valence-electron chi connectivity index (χ0n) is 13.1. The van der Waals surface area contributed by atoms with Crippen LogP contribution in [0, 0.1) is 5.41 Å². The Kier molecular flexibility index (Phi) is 6.32. The van der Waals surface area contributed by atoms with E-state index in [1.807, 2.05) is 21.0 Å². The van der Waals surface area contributed by atoms with Gasteiger partial charge < -0.3 is 15.5 Å². The van der Waals surface area contributed by atoms with Crippen LogP contribution in [0.1, 0.15) is 20.8 Å². The Bertz CT molecular complexity index is 504. The third-order valence-electron chi connectivity index (χ3n) is 3.42. The molecule has 0 fully saturated rings. The molecule has 4 nitrogen and oxygen atoms in total. The van der Waals surface area contributed by atoms with E-state index in [0.717, 1.165) is 6.54 Å². The van der Waals surface area contributed by atoms with Crippen LogP contribution in [0.25, 0.3) is 0 Å². The smallest absolute Gasteiger partial charge is 0.319 e. The second kappa shape index (κ2) is 7.34. The van der Waals surface area contributed by atoms with E-state index in [9.17, 15) is 4.79 Å². The average Bonchev–Trinajstić information content (AvgIpc) is 2.32. The van der Waals surface area contributed by atoms with Crippen LogP contribution in [0.2, 0.25) is 10.0 Å². The van der Waals surface area contributed by atoms with Gasteiger partial charge in [-0.15, -0.1) is 0 Å². The van der Waals surface area contributed by atoms with Gasteiger partial charge in [0, 0.05) is 17.6 Å². The molecule has 0 aliphatic heterocycles. The monoisotopic (exact) mass is 331 g/mol. The minimum Gasteiger partial charge on any atom is -0.335 e. The lowest BCUT2D eigenvalue weighted by molar-refractivity contribution is 0.183. The van der Waals surface area contributed by atoms with E-state index in [1.54, 1.807) is 18.2 Å². The number of nitrogens with zero attached hydrogens (tertiary/aromatic N) is 1. The molecular formula is C15H23Cl2N3O. The van der Waals surface area contributed by atoms with Crippen molar-refractivity contribution in [2.24, 2.45) is 5.41 Å². The zero-order chi connectivity index (χ0) is 16.2. The minimum atomic E-state index is -0.293. The maximum atomic E-state index is 12.1. The lowest BCUT2D eigenvalue weighted by atomic mass is 9.85. The van der Waals surface area contributed by atoms with E-state index in [1.165, 1.54) is 0 Å². The van der Waals surface area contributed by atoms with Crippen molar-refractivity contribution in [3.63, 3.8) is 0 Å². The summed E-state index contributed by atoms with van der Waals surface area (Å²) in [5.41, 5.74) is 0.443. The van der Waals surface area contributed by atoms with Crippen LogP contribution < -0.4 is 10.6 Å². The Hall–Kier alpha value is -0.970. The first-order valence-electron chi connectivity index (χ1n) is 6.79. The molecular weight excluding hydrogens is 309 g/mol. The number of urea groups is 1. The second-order valence-electron chi connectivity index (χ2n) is 6.17. The highest BCUT2D eigenvalue weighted by Crippen LogP contribution is 2.26. The van der Waals surface area contributed by atoms with Gasteiger partial charge in [0.2, 0.25) is 0 Å². The SMILES string of the molecule is C[C@H](NC(=O)Nc1cc(Cl)ccc1Cl)C(C)(C)CN(C)C. The summed E-state index contributed by atoms with van der Waals surface area (Å²) >= 11 is 11.9. The number of carbonyl (C=O) groups excluding carboxylic acids is 1. The fourth-order valence-corrected chi connectivity index (χ4v) is 2.43. The van der Waals surface area contributed by atoms with Gasteiger partial charge in [-0.3, -0.25) is 0 Å². The lowest BCUT2D eigenvalue weighted by Crippen LogP contribution is -2.48. The number of nitrogens with one attached hydrogen (secondary N) is 2. The van der Waals surface area contributed by atoms with Gasteiger partial charge in [-0.2, -0.15) is 0 Å². The van der Waals surface area contributed by atoms with Gasteiger partial charge in [-0.25, -0.2) is 4.79 Å². The van der Waals surface area contributed by atoms with Gasteiger partial charge in [0.1, 0.15) is 0 Å². The summed E-state index contributed by atoms with van der Waals surface area (Å²) in [7, 11) is 4.03. The molecule has 118 valence electrons. The first-order valence-corrected chi connectivity index (χ1v) is 7.54. The Morgan fingerprint density at radius 1 is 1.33 bits per heavy atom. The van der Waals surface area contributed by atoms with E-state index in [-0.39, 0.29) is 17.5 Å². The minimum absolute atomic E-state index is 0.00198. The molecule has 0 saturated carbocycles. The largest absolute Gasteiger partial charge is 0.335 e. The van der Waals surface area contributed by atoms with Crippen molar-refractivity contribution in [1.29, 1.82) is 0 Å². The normalized spacial score (nSPS) is 13.1. The van der Waals surface area contributed by atoms with Crippen molar-refractivity contribution in [2.45, 2.75) is 26.8 Å². The number of anilines is 1. The molecule has 21 heavy (non-hydrogen) atoms. The highest BCUT2D eigenvalue weighted by molar-refractivity contribution is 6.35. The lowest BCUT2D eigenvalue weighted by Gasteiger charge is -2.34. The summed E-state index contributed by atoms with van der Waals surface area (Å²) in [6, 6.07) is 4.66. The molecule has 1 atom stereocenters. The number of amides is 2. The molecule has 0 bridgehead atoms. The number of hydrogen-bond acceptors (Lipinski definition) is 2. The molecule has 0 aromatic heterocycles. The van der Waals surface area contributed by atoms with Crippen LogP contribution in [-0.2, 0) is 0 Å². The van der Waals surface area contributed by atoms with Crippen LogP contribution >= 0.6 is 23.2 Å². The van der Waals surface area contributed by atoms with Crippen molar-refractivity contribution in [3.05, 3.63) is 28.2 Å². The molecule has 1 rings (SSSR count). The number of carbonyl (C=O) groups is 1. The van der Waals surface area contributed by atoms with Crippen molar-refractivity contribution < 1.29 is 4.79 Å². The molecule has 0 aliphatic rings. The third kappa shape index (κ3) is 5.73. The van der Waals surface area contributed by atoms with Crippen molar-refractivity contribution >= 4 is 34.9 Å². The maximum absolute atomic E-state index is 12.1. The van der Waals surface area contributed by atoms with E-state index in [0.29, 0.717) is 15.7 Å².